The van der Waals surface area contributed by atoms with Crippen LogP contribution in [0.4, 0.5) is 0 Å². The summed E-state index contributed by atoms with van der Waals surface area (Å²) in [5, 5.41) is 0. The first-order valence-electron chi connectivity index (χ1n) is 2.32. The molecular weight excluding hydrogens is 167 g/mol. The van der Waals surface area contributed by atoms with Gasteiger partial charge in [-0.1, -0.05) is 0 Å². The Morgan fingerprint density at radius 2 is 1.60 bits per heavy atom. The van der Waals surface area contributed by atoms with Crippen LogP contribution in [-0.4, -0.2) is 21.1 Å². The van der Waals surface area contributed by atoms with E-state index >= 15 is 0 Å². The molecule has 0 aromatic carbocycles. The number of hydrogen-bond acceptors (Lipinski definition) is 0. The Bertz CT molecular complexity index is 15.2. The summed E-state index contributed by atoms with van der Waals surface area (Å²) in [5.41, 5.74) is 0. The van der Waals surface area contributed by atoms with Crippen molar-refractivity contribution in [1.82, 2.24) is 0 Å². The van der Waals surface area contributed by atoms with Gasteiger partial charge < -0.3 is 0 Å². The fourth-order valence-corrected chi connectivity index (χ4v) is 4.84. The maximum absolute atomic E-state index is 1.69. The molecule has 1 aliphatic heterocycles. The van der Waals surface area contributed by atoms with Crippen LogP contribution in [0.15, 0.2) is 0 Å². The third-order valence-corrected chi connectivity index (χ3v) is 5.73. The van der Waals surface area contributed by atoms with E-state index in [0.717, 1.165) is 0 Å². The zero-order chi connectivity index (χ0) is 3.54. The van der Waals surface area contributed by atoms with Crippen LogP contribution >= 0.6 is 0 Å². The molecule has 1 rings (SSSR count). The van der Waals surface area contributed by atoms with Gasteiger partial charge in [0.05, 0.1) is 0 Å². The van der Waals surface area contributed by atoms with E-state index in [2.05, 4.69) is 0 Å². The summed E-state index contributed by atoms with van der Waals surface area (Å²) in [6.07, 6.45) is 3.17. The Morgan fingerprint density at radius 3 is 1.80 bits per heavy atom. The quantitative estimate of drug-likeness (QED) is 0.483. The van der Waals surface area contributed by atoms with E-state index in [0.29, 0.717) is 0 Å². The molecule has 5 heavy (non-hydrogen) atoms. The van der Waals surface area contributed by atoms with E-state index in [4.69, 9.17) is 0 Å². The third-order valence-electron chi connectivity index (χ3n) is 1.07. The average Bonchev–Trinajstić information content (AvgIpc) is 1.76. The predicted octanol–water partition coefficient (Wildman–Crippen LogP) is 1.05. The van der Waals surface area contributed by atoms with Gasteiger partial charge in [-0.3, -0.25) is 0 Å². The second kappa shape index (κ2) is 2.06. The maximum atomic E-state index is 1.69. The Morgan fingerprint density at radius 1 is 1.00 bits per heavy atom. The van der Waals surface area contributed by atoms with Crippen molar-refractivity contribution in [2.24, 2.45) is 0 Å². The zero-order valence-corrected chi connectivity index (χ0v) is 6.70. The summed E-state index contributed by atoms with van der Waals surface area (Å²) >= 11 is 0.191. The van der Waals surface area contributed by atoms with E-state index in [1.54, 1.807) is 21.7 Å². The van der Waals surface area contributed by atoms with Gasteiger partial charge in [0.1, 0.15) is 0 Å². The van der Waals surface area contributed by atoms with Gasteiger partial charge in [-0.25, -0.2) is 0 Å². The second-order valence-corrected chi connectivity index (χ2v) is 6.52. The molecule has 0 atom stereocenters. The Hall–Kier alpha value is 0.799. The summed E-state index contributed by atoms with van der Waals surface area (Å²) < 4.78 is 3.38. The molecule has 1 aliphatic rings. The van der Waals surface area contributed by atoms with Crippen LogP contribution in [-0.2, 0) is 0 Å². The molecule has 1 heteroatoms. The molecule has 1 saturated heterocycles. The van der Waals surface area contributed by atoms with Crippen LogP contribution in [0.3, 0.4) is 0 Å². The molecule has 0 aromatic heterocycles. The van der Waals surface area contributed by atoms with Gasteiger partial charge >= 0.3 is 42.9 Å². The Labute approximate surface area is 43.2 Å². The van der Waals surface area contributed by atoms with Gasteiger partial charge in [0, 0.05) is 0 Å². The van der Waals surface area contributed by atoms with Crippen molar-refractivity contribution >= 4 is 21.1 Å². The molecule has 0 spiro atoms. The molecule has 1 heterocycles. The first-order chi connectivity index (χ1) is 2.50. The number of hydrogen-bond donors (Lipinski definition) is 0. The van der Waals surface area contributed by atoms with Crippen molar-refractivity contribution in [2.75, 3.05) is 0 Å². The van der Waals surface area contributed by atoms with Crippen molar-refractivity contribution < 1.29 is 0 Å². The van der Waals surface area contributed by atoms with Crippen molar-refractivity contribution in [2.45, 2.75) is 21.7 Å². The molecule has 1 radical (unpaired) electrons. The van der Waals surface area contributed by atoms with Crippen molar-refractivity contribution in [3.63, 3.8) is 0 Å². The SMILES string of the molecule is C1C[CH2][SnH][CH2]1. The second-order valence-electron chi connectivity index (χ2n) is 1.57. The fraction of sp³-hybridized carbons (Fsp3) is 1.00. The summed E-state index contributed by atoms with van der Waals surface area (Å²) in [6.45, 7) is 0. The molecule has 0 bridgehead atoms. The van der Waals surface area contributed by atoms with Crippen LogP contribution in [0.1, 0.15) is 12.8 Å². The van der Waals surface area contributed by atoms with E-state index in [1.807, 2.05) is 0 Å². The molecule has 0 saturated carbocycles. The Balaban J connectivity index is 2.08. The topological polar surface area (TPSA) is 0 Å². The van der Waals surface area contributed by atoms with Gasteiger partial charge in [0.2, 0.25) is 0 Å². The summed E-state index contributed by atoms with van der Waals surface area (Å²) in [5.74, 6) is 0. The van der Waals surface area contributed by atoms with E-state index in [-0.39, 0.29) is 21.1 Å². The molecule has 0 amide bonds. The van der Waals surface area contributed by atoms with Crippen LogP contribution in [0.25, 0.3) is 0 Å². The zero-order valence-electron chi connectivity index (χ0n) is 3.41. The van der Waals surface area contributed by atoms with E-state index in [1.165, 1.54) is 0 Å². The molecule has 0 aliphatic carbocycles. The van der Waals surface area contributed by atoms with Gasteiger partial charge in [-0.2, -0.15) is 0 Å². The van der Waals surface area contributed by atoms with Gasteiger partial charge in [0.15, 0.2) is 0 Å². The number of rotatable bonds is 0. The minimum absolute atomic E-state index is 0.191. The van der Waals surface area contributed by atoms with Gasteiger partial charge in [-0.05, 0) is 0 Å². The summed E-state index contributed by atoms with van der Waals surface area (Å²) in [7, 11) is 0. The standard InChI is InChI=1S/C4H8.Sn.H/c1-3-4-2;;/h1-4H2;;. The molecule has 0 unspecified atom stereocenters. The molecule has 29 valence electrons. The fourth-order valence-electron chi connectivity index (χ4n) is 0.722. The molecule has 0 N–H and O–H groups in total. The van der Waals surface area contributed by atoms with Crippen molar-refractivity contribution in [1.29, 1.82) is 0 Å². The first-order valence-corrected chi connectivity index (χ1v) is 6.98. The molecule has 0 nitrogen and oxygen atoms in total. The van der Waals surface area contributed by atoms with Crippen LogP contribution in [0.5, 0.6) is 0 Å². The van der Waals surface area contributed by atoms with Crippen LogP contribution in [0.2, 0.25) is 8.87 Å². The first kappa shape index (κ1) is 3.97. The van der Waals surface area contributed by atoms with Gasteiger partial charge in [-0.15, -0.1) is 0 Å². The third kappa shape index (κ3) is 1.12. The van der Waals surface area contributed by atoms with Crippen molar-refractivity contribution in [3.05, 3.63) is 0 Å². The van der Waals surface area contributed by atoms with Crippen LogP contribution < -0.4 is 0 Å². The van der Waals surface area contributed by atoms with E-state index in [9.17, 15) is 0 Å². The van der Waals surface area contributed by atoms with E-state index < -0.39 is 0 Å². The summed E-state index contributed by atoms with van der Waals surface area (Å²) in [4.78, 5) is 0. The predicted molar refractivity (Wildman–Crippen MR) is 26.0 cm³/mol. The normalized spacial score (nSPS) is 24.0. The average molecular weight is 176 g/mol. The molecular formula is C4H9Sn. The monoisotopic (exact) mass is 177 g/mol. The molecule has 1 fully saturated rings. The molecule has 0 aromatic rings. The van der Waals surface area contributed by atoms with Crippen molar-refractivity contribution in [3.8, 4) is 0 Å². The Kier molecular flexibility index (Phi) is 1.64. The van der Waals surface area contributed by atoms with Gasteiger partial charge in [0.25, 0.3) is 0 Å². The minimum atomic E-state index is 0.191. The summed E-state index contributed by atoms with van der Waals surface area (Å²) in [6, 6.07) is 0. The van der Waals surface area contributed by atoms with Crippen LogP contribution in [0, 0.1) is 0 Å².